The third-order valence-corrected chi connectivity index (χ3v) is 1.92. The van der Waals surface area contributed by atoms with Crippen molar-refractivity contribution >= 4 is 5.84 Å². The second kappa shape index (κ2) is 3.87. The number of hydrogen-bond acceptors (Lipinski definition) is 4. The maximum Gasteiger partial charge on any atom is 0.107 e. The molecule has 6 nitrogen and oxygen atoms in total. The van der Waals surface area contributed by atoms with Crippen molar-refractivity contribution < 1.29 is 0 Å². The average Bonchev–Trinajstić information content (AvgIpc) is 2.66. The summed E-state index contributed by atoms with van der Waals surface area (Å²) in [5.74, 6) is 0.0986. The highest BCUT2D eigenvalue weighted by atomic mass is 15.1. The van der Waals surface area contributed by atoms with E-state index in [1.54, 1.807) is 24.8 Å². The highest BCUT2D eigenvalue weighted by molar-refractivity contribution is 5.81. The molecule has 15 heavy (non-hydrogen) atoms. The molecular formula is C9H10N6. The molecule has 2 rings (SSSR count). The Morgan fingerprint density at radius 2 is 2.27 bits per heavy atom. The molecule has 6 heteroatoms. The fourth-order valence-electron chi connectivity index (χ4n) is 1.30. The number of aromatic nitrogens is 4. The Morgan fingerprint density at radius 3 is 2.93 bits per heavy atom. The Morgan fingerprint density at radius 1 is 1.40 bits per heavy atom. The minimum atomic E-state index is 0.0986. The lowest BCUT2D eigenvalue weighted by Gasteiger charge is -2.00. The number of hydrogen-bond donors (Lipinski definition) is 3. The minimum absolute atomic E-state index is 0.0986. The molecule has 2 heterocycles. The summed E-state index contributed by atoms with van der Waals surface area (Å²) in [7, 11) is 0. The third-order valence-electron chi connectivity index (χ3n) is 1.92. The molecule has 2 aromatic heterocycles. The Bertz CT molecular complexity index is 460. The van der Waals surface area contributed by atoms with E-state index in [1.165, 1.54) is 0 Å². The Kier molecular flexibility index (Phi) is 2.40. The fourth-order valence-corrected chi connectivity index (χ4v) is 1.30. The first-order chi connectivity index (χ1) is 7.27. The van der Waals surface area contributed by atoms with Crippen LogP contribution in [0.2, 0.25) is 0 Å². The highest BCUT2D eigenvalue weighted by Gasteiger charge is 2.09. The normalized spacial score (nSPS) is 10.1. The van der Waals surface area contributed by atoms with Gasteiger partial charge < -0.3 is 5.73 Å². The average molecular weight is 202 g/mol. The molecule has 76 valence electrons. The van der Waals surface area contributed by atoms with E-state index in [4.69, 9.17) is 11.1 Å². The number of nitrogens with zero attached hydrogens (tertiary/aromatic N) is 3. The van der Waals surface area contributed by atoms with Gasteiger partial charge in [-0.3, -0.25) is 20.5 Å². The van der Waals surface area contributed by atoms with Crippen LogP contribution in [-0.2, 0) is 6.42 Å². The molecule has 0 spiro atoms. The molecule has 0 unspecified atom stereocenters. The molecule has 0 fully saturated rings. The lowest BCUT2D eigenvalue weighted by Crippen LogP contribution is -2.12. The van der Waals surface area contributed by atoms with Crippen LogP contribution in [0.4, 0.5) is 0 Å². The van der Waals surface area contributed by atoms with E-state index in [0.29, 0.717) is 12.1 Å². The zero-order chi connectivity index (χ0) is 10.7. The number of rotatable bonds is 3. The van der Waals surface area contributed by atoms with E-state index in [0.717, 1.165) is 11.3 Å². The van der Waals surface area contributed by atoms with Gasteiger partial charge in [-0.05, 0) is 0 Å². The van der Waals surface area contributed by atoms with Crippen molar-refractivity contribution in [3.05, 3.63) is 30.4 Å². The van der Waals surface area contributed by atoms with E-state index >= 15 is 0 Å². The zero-order valence-electron chi connectivity index (χ0n) is 7.94. The Labute approximate surface area is 86.1 Å². The second-order valence-corrected chi connectivity index (χ2v) is 3.06. The summed E-state index contributed by atoms with van der Waals surface area (Å²) < 4.78 is 0. The van der Waals surface area contributed by atoms with Gasteiger partial charge in [-0.15, -0.1) is 0 Å². The fraction of sp³-hybridized carbons (Fsp3) is 0.111. The molecule has 0 saturated heterocycles. The van der Waals surface area contributed by atoms with Gasteiger partial charge in [-0.1, -0.05) is 0 Å². The van der Waals surface area contributed by atoms with Crippen LogP contribution in [-0.4, -0.2) is 26.0 Å². The summed E-state index contributed by atoms with van der Waals surface area (Å²) in [6, 6.07) is 0. The van der Waals surface area contributed by atoms with Crippen molar-refractivity contribution in [1.82, 2.24) is 20.2 Å². The molecule has 0 radical (unpaired) electrons. The molecule has 0 atom stereocenters. The first-order valence-electron chi connectivity index (χ1n) is 4.39. The summed E-state index contributed by atoms with van der Waals surface area (Å²) in [5, 5.41) is 14.0. The molecule has 0 aliphatic rings. The van der Waals surface area contributed by atoms with Gasteiger partial charge in [-0.25, -0.2) is 0 Å². The van der Waals surface area contributed by atoms with Crippen LogP contribution in [0.3, 0.4) is 0 Å². The Hall–Kier alpha value is -2.24. The molecule has 0 aromatic carbocycles. The molecule has 0 bridgehead atoms. The van der Waals surface area contributed by atoms with E-state index in [2.05, 4.69) is 20.2 Å². The van der Waals surface area contributed by atoms with Gasteiger partial charge in [0.05, 0.1) is 23.9 Å². The predicted octanol–water partition coefficient (Wildman–Crippen LogP) is 0.345. The zero-order valence-corrected chi connectivity index (χ0v) is 7.94. The molecule has 0 aliphatic heterocycles. The molecule has 0 aliphatic carbocycles. The summed E-state index contributed by atoms with van der Waals surface area (Å²) in [6.45, 7) is 0. The van der Waals surface area contributed by atoms with Gasteiger partial charge in [0.1, 0.15) is 5.69 Å². The van der Waals surface area contributed by atoms with Crippen molar-refractivity contribution in [3.8, 4) is 11.4 Å². The summed E-state index contributed by atoms with van der Waals surface area (Å²) >= 11 is 0. The molecular weight excluding hydrogens is 192 g/mol. The topological polar surface area (TPSA) is 104 Å². The summed E-state index contributed by atoms with van der Waals surface area (Å²) in [4.78, 5) is 8.11. The van der Waals surface area contributed by atoms with Gasteiger partial charge in [0, 0.05) is 24.4 Å². The largest absolute Gasteiger partial charge is 0.387 e. The van der Waals surface area contributed by atoms with Gasteiger partial charge in [0.2, 0.25) is 0 Å². The van der Waals surface area contributed by atoms with E-state index < -0.39 is 0 Å². The highest BCUT2D eigenvalue weighted by Crippen LogP contribution is 2.17. The number of H-pyrrole nitrogens is 1. The molecule has 0 amide bonds. The lowest BCUT2D eigenvalue weighted by molar-refractivity contribution is 1.08. The SMILES string of the molecule is N=C(N)Cc1cn[nH]c1-c1cnccn1. The van der Waals surface area contributed by atoms with E-state index in [1.807, 2.05) is 0 Å². The van der Waals surface area contributed by atoms with Crippen LogP contribution in [0.25, 0.3) is 11.4 Å². The maximum atomic E-state index is 7.23. The van der Waals surface area contributed by atoms with Gasteiger partial charge in [0.15, 0.2) is 0 Å². The summed E-state index contributed by atoms with van der Waals surface area (Å²) in [6.07, 6.45) is 6.85. The Balaban J connectivity index is 2.37. The van der Waals surface area contributed by atoms with Crippen LogP contribution in [0, 0.1) is 5.41 Å². The number of nitrogens with two attached hydrogens (primary N) is 1. The van der Waals surface area contributed by atoms with E-state index in [-0.39, 0.29) is 5.84 Å². The third kappa shape index (κ3) is 1.98. The molecule has 4 N–H and O–H groups in total. The minimum Gasteiger partial charge on any atom is -0.387 e. The van der Waals surface area contributed by atoms with Crippen molar-refractivity contribution in [2.45, 2.75) is 6.42 Å². The quantitative estimate of drug-likeness (QED) is 0.493. The van der Waals surface area contributed by atoms with Crippen LogP contribution in [0.5, 0.6) is 0 Å². The smallest absolute Gasteiger partial charge is 0.107 e. The first-order valence-corrected chi connectivity index (χ1v) is 4.39. The van der Waals surface area contributed by atoms with Gasteiger partial charge >= 0.3 is 0 Å². The van der Waals surface area contributed by atoms with Crippen LogP contribution >= 0.6 is 0 Å². The van der Waals surface area contributed by atoms with Crippen molar-refractivity contribution in [1.29, 1.82) is 5.41 Å². The standard InChI is InChI=1S/C9H10N6/c10-8(11)3-6-4-14-15-9(6)7-5-12-1-2-13-7/h1-2,4-5H,3H2,(H3,10,11)(H,14,15). The maximum absolute atomic E-state index is 7.23. The molecule has 2 aromatic rings. The monoisotopic (exact) mass is 202 g/mol. The predicted molar refractivity (Wildman–Crippen MR) is 55.2 cm³/mol. The number of aromatic amines is 1. The molecule has 0 saturated carbocycles. The van der Waals surface area contributed by atoms with Crippen molar-refractivity contribution in [2.24, 2.45) is 5.73 Å². The van der Waals surface area contributed by atoms with Crippen molar-refractivity contribution in [3.63, 3.8) is 0 Å². The van der Waals surface area contributed by atoms with Crippen LogP contribution in [0.1, 0.15) is 5.56 Å². The first kappa shape index (κ1) is 9.32. The van der Waals surface area contributed by atoms with Crippen LogP contribution < -0.4 is 5.73 Å². The summed E-state index contributed by atoms with van der Waals surface area (Å²) in [5.41, 5.74) is 7.65. The number of nitrogens with one attached hydrogen (secondary N) is 2. The van der Waals surface area contributed by atoms with E-state index in [9.17, 15) is 0 Å². The number of amidine groups is 1. The lowest BCUT2D eigenvalue weighted by atomic mass is 10.1. The van der Waals surface area contributed by atoms with Gasteiger partial charge in [-0.2, -0.15) is 5.10 Å². The van der Waals surface area contributed by atoms with Crippen LogP contribution in [0.15, 0.2) is 24.8 Å². The van der Waals surface area contributed by atoms with Gasteiger partial charge in [0.25, 0.3) is 0 Å². The van der Waals surface area contributed by atoms with Crippen molar-refractivity contribution in [2.75, 3.05) is 0 Å². The second-order valence-electron chi connectivity index (χ2n) is 3.06.